The summed E-state index contributed by atoms with van der Waals surface area (Å²) in [7, 11) is 0. The monoisotopic (exact) mass is 127 g/mol. The van der Waals surface area contributed by atoms with Gasteiger partial charge < -0.3 is 10.5 Å². The lowest BCUT2D eigenvalue weighted by molar-refractivity contribution is 0.156. The highest BCUT2D eigenvalue weighted by atomic mass is 16.5. The summed E-state index contributed by atoms with van der Waals surface area (Å²) < 4.78 is 4.91. The molecule has 1 rings (SSSR count). The minimum atomic E-state index is -0.212. The second-order valence-electron chi connectivity index (χ2n) is 2.06. The Morgan fingerprint density at radius 2 is 2.56 bits per heavy atom. The molecule has 0 aromatic carbocycles. The van der Waals surface area contributed by atoms with Crippen LogP contribution in [-0.4, -0.2) is 18.6 Å². The predicted octanol–water partition coefficient (Wildman–Crippen LogP) is -0.160. The molecule has 0 radical (unpaired) electrons. The highest BCUT2D eigenvalue weighted by molar-refractivity contribution is 5.51. The van der Waals surface area contributed by atoms with Gasteiger partial charge in [-0.15, -0.1) is 0 Å². The Balaban J connectivity index is 2.59. The lowest BCUT2D eigenvalue weighted by Gasteiger charge is -2.18. The molecule has 0 bridgehead atoms. The quantitative estimate of drug-likeness (QED) is 0.460. The van der Waals surface area contributed by atoms with Crippen LogP contribution in [0.5, 0.6) is 0 Å². The zero-order valence-corrected chi connectivity index (χ0v) is 5.09. The summed E-state index contributed by atoms with van der Waals surface area (Å²) in [5.74, 6) is 1.95. The van der Waals surface area contributed by atoms with Crippen molar-refractivity contribution in [3.05, 3.63) is 5.76 Å². The van der Waals surface area contributed by atoms with E-state index >= 15 is 0 Å². The first-order valence-corrected chi connectivity index (χ1v) is 2.98. The summed E-state index contributed by atoms with van der Waals surface area (Å²) in [5.41, 5.74) is 5.46. The van der Waals surface area contributed by atoms with E-state index in [0.717, 1.165) is 12.8 Å². The summed E-state index contributed by atoms with van der Waals surface area (Å²) in [6.45, 7) is 0.609. The van der Waals surface area contributed by atoms with Crippen LogP contribution in [0.3, 0.4) is 0 Å². The first-order valence-electron chi connectivity index (χ1n) is 2.98. The van der Waals surface area contributed by atoms with Crippen LogP contribution in [0.2, 0.25) is 0 Å². The van der Waals surface area contributed by atoms with Crippen molar-refractivity contribution in [2.24, 2.45) is 5.73 Å². The van der Waals surface area contributed by atoms with Gasteiger partial charge in [-0.3, -0.25) is 0 Å². The van der Waals surface area contributed by atoms with Crippen LogP contribution >= 0.6 is 0 Å². The average Bonchev–Trinajstić information content (AvgIpc) is 1.89. The second kappa shape index (κ2) is 2.67. The van der Waals surface area contributed by atoms with Crippen LogP contribution < -0.4 is 5.73 Å². The average molecular weight is 127 g/mol. The van der Waals surface area contributed by atoms with E-state index in [2.05, 4.69) is 0 Å². The summed E-state index contributed by atoms with van der Waals surface area (Å²) in [6.07, 6.45) is 1.77. The van der Waals surface area contributed by atoms with Crippen molar-refractivity contribution >= 4 is 5.94 Å². The van der Waals surface area contributed by atoms with Gasteiger partial charge in [0.1, 0.15) is 0 Å². The molecule has 1 unspecified atom stereocenters. The van der Waals surface area contributed by atoms with Crippen molar-refractivity contribution in [3.8, 4) is 0 Å². The maximum atomic E-state index is 10.0. The SMILES string of the molecule is NC1CCCOC1=C=O. The van der Waals surface area contributed by atoms with E-state index in [0.29, 0.717) is 6.61 Å². The molecule has 1 aliphatic rings. The summed E-state index contributed by atoms with van der Waals surface area (Å²) in [4.78, 5) is 10.0. The van der Waals surface area contributed by atoms with Gasteiger partial charge in [0.15, 0.2) is 11.7 Å². The molecular weight excluding hydrogens is 118 g/mol. The summed E-state index contributed by atoms with van der Waals surface area (Å²) in [6, 6.07) is -0.212. The van der Waals surface area contributed by atoms with Crippen molar-refractivity contribution in [1.82, 2.24) is 0 Å². The van der Waals surface area contributed by atoms with Gasteiger partial charge in [0.25, 0.3) is 0 Å². The van der Waals surface area contributed by atoms with Gasteiger partial charge in [0.2, 0.25) is 0 Å². The van der Waals surface area contributed by atoms with Crippen LogP contribution in [-0.2, 0) is 9.53 Å². The standard InChI is InChI=1S/C6H9NO2/c7-5-2-1-3-9-6(5)4-8/h5H,1-3,7H2. The lowest BCUT2D eigenvalue weighted by atomic mass is 10.1. The Hall–Kier alpha value is -0.790. The minimum absolute atomic E-state index is 0.212. The minimum Gasteiger partial charge on any atom is -0.485 e. The Bertz CT molecular complexity index is 149. The Labute approximate surface area is 53.5 Å². The number of ether oxygens (including phenoxy) is 1. The smallest absolute Gasteiger partial charge is 0.196 e. The fourth-order valence-corrected chi connectivity index (χ4v) is 0.829. The number of carbonyl (C=O) groups excluding carboxylic acids is 1. The van der Waals surface area contributed by atoms with Crippen LogP contribution in [0.25, 0.3) is 0 Å². The van der Waals surface area contributed by atoms with E-state index in [4.69, 9.17) is 10.5 Å². The van der Waals surface area contributed by atoms with Crippen molar-refractivity contribution in [3.63, 3.8) is 0 Å². The fraction of sp³-hybridized carbons (Fsp3) is 0.667. The molecule has 0 aromatic heterocycles. The van der Waals surface area contributed by atoms with Crippen molar-refractivity contribution in [2.75, 3.05) is 6.61 Å². The van der Waals surface area contributed by atoms with Crippen molar-refractivity contribution in [2.45, 2.75) is 18.9 Å². The van der Waals surface area contributed by atoms with E-state index in [1.165, 1.54) is 0 Å². The van der Waals surface area contributed by atoms with E-state index in [9.17, 15) is 4.79 Å². The van der Waals surface area contributed by atoms with Gasteiger partial charge in [-0.2, -0.15) is 0 Å². The van der Waals surface area contributed by atoms with Crippen LogP contribution in [0.4, 0.5) is 0 Å². The van der Waals surface area contributed by atoms with Crippen molar-refractivity contribution < 1.29 is 9.53 Å². The van der Waals surface area contributed by atoms with Gasteiger partial charge in [0, 0.05) is 0 Å². The first-order chi connectivity index (χ1) is 4.34. The predicted molar refractivity (Wildman–Crippen MR) is 32.4 cm³/mol. The number of hydrogen-bond donors (Lipinski definition) is 1. The Morgan fingerprint density at radius 3 is 3.00 bits per heavy atom. The van der Waals surface area contributed by atoms with E-state index in [1.807, 2.05) is 0 Å². The van der Waals surface area contributed by atoms with Gasteiger partial charge in [-0.25, -0.2) is 4.79 Å². The van der Waals surface area contributed by atoms with Crippen LogP contribution in [0, 0.1) is 0 Å². The topological polar surface area (TPSA) is 52.3 Å². The fourth-order valence-electron chi connectivity index (χ4n) is 0.829. The lowest BCUT2D eigenvalue weighted by Crippen LogP contribution is -2.29. The van der Waals surface area contributed by atoms with Gasteiger partial charge >= 0.3 is 0 Å². The molecule has 3 nitrogen and oxygen atoms in total. The Morgan fingerprint density at radius 1 is 1.78 bits per heavy atom. The molecule has 0 saturated carbocycles. The molecule has 50 valence electrons. The first kappa shape index (κ1) is 6.33. The van der Waals surface area contributed by atoms with Crippen molar-refractivity contribution in [1.29, 1.82) is 0 Å². The third kappa shape index (κ3) is 1.31. The van der Waals surface area contributed by atoms with Gasteiger partial charge in [-0.05, 0) is 12.8 Å². The highest BCUT2D eigenvalue weighted by Crippen LogP contribution is 2.11. The zero-order chi connectivity index (χ0) is 6.69. The molecule has 2 N–H and O–H groups in total. The maximum absolute atomic E-state index is 10.0. The van der Waals surface area contributed by atoms with E-state index in [-0.39, 0.29) is 11.8 Å². The summed E-state index contributed by atoms with van der Waals surface area (Å²) >= 11 is 0. The zero-order valence-electron chi connectivity index (χ0n) is 5.09. The number of rotatable bonds is 0. The molecule has 0 aromatic rings. The maximum Gasteiger partial charge on any atom is 0.196 e. The molecular formula is C6H9NO2. The molecule has 1 heterocycles. The second-order valence-corrected chi connectivity index (χ2v) is 2.06. The van der Waals surface area contributed by atoms with Gasteiger partial charge in [-0.1, -0.05) is 0 Å². The molecule has 1 fully saturated rings. The molecule has 0 amide bonds. The number of nitrogens with two attached hydrogens (primary N) is 1. The molecule has 3 heteroatoms. The molecule has 9 heavy (non-hydrogen) atoms. The molecule has 1 atom stereocenters. The number of hydrogen-bond acceptors (Lipinski definition) is 3. The molecule has 1 saturated heterocycles. The molecule has 0 spiro atoms. The van der Waals surface area contributed by atoms with Crippen LogP contribution in [0.1, 0.15) is 12.8 Å². The Kier molecular flexibility index (Phi) is 1.88. The van der Waals surface area contributed by atoms with Gasteiger partial charge in [0.05, 0.1) is 12.6 Å². The van der Waals surface area contributed by atoms with E-state index in [1.54, 1.807) is 5.94 Å². The van der Waals surface area contributed by atoms with E-state index < -0.39 is 0 Å². The third-order valence-corrected chi connectivity index (χ3v) is 1.35. The largest absolute Gasteiger partial charge is 0.485 e. The normalized spacial score (nSPS) is 26.8. The van der Waals surface area contributed by atoms with Crippen LogP contribution in [0.15, 0.2) is 5.76 Å². The third-order valence-electron chi connectivity index (χ3n) is 1.35. The molecule has 0 aliphatic carbocycles. The summed E-state index contributed by atoms with van der Waals surface area (Å²) in [5, 5.41) is 0. The molecule has 1 aliphatic heterocycles. The highest BCUT2D eigenvalue weighted by Gasteiger charge is 2.16.